The van der Waals surface area contributed by atoms with Gasteiger partial charge in [0.25, 0.3) is 10.0 Å². The largest absolute Gasteiger partial charge is 0.352 e. The number of anilines is 1. The first-order chi connectivity index (χ1) is 22.6. The zero-order valence-electron chi connectivity index (χ0n) is 26.9. The van der Waals surface area contributed by atoms with Crippen molar-refractivity contribution in [2.45, 2.75) is 75.9 Å². The fourth-order valence-electron chi connectivity index (χ4n) is 5.99. The number of halogens is 1. The van der Waals surface area contributed by atoms with Crippen molar-refractivity contribution in [2.75, 3.05) is 10.8 Å². The highest BCUT2D eigenvalue weighted by molar-refractivity contribution is 7.92. The van der Waals surface area contributed by atoms with E-state index >= 15 is 0 Å². The minimum atomic E-state index is -4.20. The maximum Gasteiger partial charge on any atom is 0.264 e. The van der Waals surface area contributed by atoms with Crippen LogP contribution in [-0.4, -0.2) is 43.8 Å². The summed E-state index contributed by atoms with van der Waals surface area (Å²) in [7, 11) is -4.20. The van der Waals surface area contributed by atoms with Crippen LogP contribution in [0.4, 0.5) is 5.69 Å². The number of benzene rings is 4. The van der Waals surface area contributed by atoms with E-state index < -0.39 is 28.5 Å². The van der Waals surface area contributed by atoms with Gasteiger partial charge in [0.2, 0.25) is 11.8 Å². The summed E-state index contributed by atoms with van der Waals surface area (Å²) in [5.74, 6) is -0.738. The number of nitrogens with zero attached hydrogens (tertiary/aromatic N) is 2. The van der Waals surface area contributed by atoms with Gasteiger partial charge in [-0.2, -0.15) is 0 Å². The van der Waals surface area contributed by atoms with Crippen LogP contribution in [0.25, 0.3) is 0 Å². The molecule has 0 bridgehead atoms. The predicted octanol–water partition coefficient (Wildman–Crippen LogP) is 7.24. The Morgan fingerprint density at radius 1 is 0.809 bits per heavy atom. The van der Waals surface area contributed by atoms with Crippen molar-refractivity contribution in [3.05, 3.63) is 130 Å². The molecular formula is C38H42ClN3O4S. The molecule has 246 valence electrons. The van der Waals surface area contributed by atoms with Crippen LogP contribution in [0.5, 0.6) is 0 Å². The smallest absolute Gasteiger partial charge is 0.264 e. The first-order valence-electron chi connectivity index (χ1n) is 16.1. The number of carbonyl (C=O) groups excluding carboxylic acids is 2. The zero-order valence-corrected chi connectivity index (χ0v) is 28.5. The Hall–Kier alpha value is -4.14. The van der Waals surface area contributed by atoms with Gasteiger partial charge in [-0.3, -0.25) is 13.9 Å². The van der Waals surface area contributed by atoms with Crippen LogP contribution >= 0.6 is 11.6 Å². The highest BCUT2D eigenvalue weighted by Gasteiger charge is 2.35. The number of amides is 2. The molecule has 4 aromatic carbocycles. The van der Waals surface area contributed by atoms with Gasteiger partial charge in [0.05, 0.1) is 10.6 Å². The Labute approximate surface area is 283 Å². The third-order valence-corrected chi connectivity index (χ3v) is 10.7. The van der Waals surface area contributed by atoms with Gasteiger partial charge in [-0.25, -0.2) is 8.42 Å². The van der Waals surface area contributed by atoms with Crippen LogP contribution < -0.4 is 9.62 Å². The van der Waals surface area contributed by atoms with Gasteiger partial charge in [-0.15, -0.1) is 0 Å². The van der Waals surface area contributed by atoms with Crippen molar-refractivity contribution in [2.24, 2.45) is 0 Å². The summed E-state index contributed by atoms with van der Waals surface area (Å²) < 4.78 is 29.5. The van der Waals surface area contributed by atoms with Crippen LogP contribution in [-0.2, 0) is 32.6 Å². The van der Waals surface area contributed by atoms with Crippen LogP contribution in [0, 0.1) is 13.8 Å². The highest BCUT2D eigenvalue weighted by Crippen LogP contribution is 2.28. The number of hydrogen-bond acceptors (Lipinski definition) is 4. The highest BCUT2D eigenvalue weighted by atomic mass is 35.5. The van der Waals surface area contributed by atoms with E-state index in [1.165, 1.54) is 23.1 Å². The summed E-state index contributed by atoms with van der Waals surface area (Å²) in [4.78, 5) is 30.4. The lowest BCUT2D eigenvalue weighted by Crippen LogP contribution is -2.55. The van der Waals surface area contributed by atoms with Gasteiger partial charge in [-0.1, -0.05) is 115 Å². The van der Waals surface area contributed by atoms with Crippen molar-refractivity contribution in [3.63, 3.8) is 0 Å². The molecular weight excluding hydrogens is 630 g/mol. The van der Waals surface area contributed by atoms with Gasteiger partial charge < -0.3 is 10.2 Å². The van der Waals surface area contributed by atoms with Crippen LogP contribution in [0.2, 0.25) is 5.02 Å². The maximum absolute atomic E-state index is 14.7. The summed E-state index contributed by atoms with van der Waals surface area (Å²) >= 11 is 6.33. The molecule has 5 rings (SSSR count). The summed E-state index contributed by atoms with van der Waals surface area (Å²) in [6.07, 6.45) is 5.31. The summed E-state index contributed by atoms with van der Waals surface area (Å²) in [6.45, 7) is 3.47. The fourth-order valence-corrected chi connectivity index (χ4v) is 7.58. The SMILES string of the molecule is Cc1ccc(CN(C(=O)CN(c2cccc(Cl)c2)S(=O)(=O)c2ccc(C)cc2)[C@H](Cc2ccccc2)C(=O)NC2CCCCC2)cc1. The molecule has 0 aromatic heterocycles. The van der Waals surface area contributed by atoms with Gasteiger partial charge in [0.1, 0.15) is 12.6 Å². The second-order valence-corrected chi connectivity index (χ2v) is 14.7. The molecule has 1 fully saturated rings. The molecule has 1 N–H and O–H groups in total. The zero-order chi connectivity index (χ0) is 33.4. The standard InChI is InChI=1S/C38H42ClN3O4S/c1-28-16-20-31(21-17-28)26-41(36(24-30-10-5-3-6-11-30)38(44)40-33-13-7-4-8-14-33)37(43)27-42(34-15-9-12-32(39)25-34)47(45,46)35-22-18-29(2)19-23-35/h3,5-6,9-12,15-23,25,33,36H,4,7-8,13-14,24,26-27H2,1-2H3,(H,40,44)/t36-/m1/s1. The van der Waals surface area contributed by atoms with Crippen molar-refractivity contribution in [1.29, 1.82) is 0 Å². The van der Waals surface area contributed by atoms with Crippen molar-refractivity contribution in [1.82, 2.24) is 10.2 Å². The first kappa shape index (κ1) is 34.2. The number of hydrogen-bond donors (Lipinski definition) is 1. The Morgan fingerprint density at radius 3 is 2.09 bits per heavy atom. The van der Waals surface area contributed by atoms with Crippen LogP contribution in [0.3, 0.4) is 0 Å². The maximum atomic E-state index is 14.7. The van der Waals surface area contributed by atoms with Crippen molar-refractivity contribution in [3.8, 4) is 0 Å². The number of carbonyl (C=O) groups is 2. The molecule has 47 heavy (non-hydrogen) atoms. The van der Waals surface area contributed by atoms with Crippen molar-refractivity contribution < 1.29 is 18.0 Å². The van der Waals surface area contributed by atoms with E-state index in [4.69, 9.17) is 11.6 Å². The lowest BCUT2D eigenvalue weighted by Gasteiger charge is -2.35. The van der Waals surface area contributed by atoms with Crippen LogP contribution in [0.15, 0.2) is 108 Å². The topological polar surface area (TPSA) is 86.8 Å². The molecule has 1 aliphatic carbocycles. The molecule has 2 amide bonds. The molecule has 0 aliphatic heterocycles. The Kier molecular flexibility index (Phi) is 11.4. The molecule has 0 heterocycles. The monoisotopic (exact) mass is 671 g/mol. The third-order valence-electron chi connectivity index (χ3n) is 8.68. The number of rotatable bonds is 12. The van der Waals surface area contributed by atoms with E-state index in [1.807, 2.05) is 68.4 Å². The predicted molar refractivity (Wildman–Crippen MR) is 188 cm³/mol. The minimum Gasteiger partial charge on any atom is -0.352 e. The first-order valence-corrected chi connectivity index (χ1v) is 18.0. The Bertz CT molecular complexity index is 1760. The molecule has 1 saturated carbocycles. The average Bonchev–Trinajstić information content (AvgIpc) is 3.07. The molecule has 0 saturated heterocycles. The van der Waals surface area contributed by atoms with Gasteiger partial charge in [0.15, 0.2) is 0 Å². The molecule has 9 heteroatoms. The summed E-state index contributed by atoms with van der Waals surface area (Å²) in [5.41, 5.74) is 3.97. The summed E-state index contributed by atoms with van der Waals surface area (Å²) in [6, 6.07) is 29.5. The third kappa shape index (κ3) is 9.02. The minimum absolute atomic E-state index is 0.0377. The molecule has 1 aliphatic rings. The van der Waals surface area contributed by atoms with Gasteiger partial charge in [0, 0.05) is 24.0 Å². The molecule has 0 spiro atoms. The molecule has 0 radical (unpaired) electrons. The number of sulfonamides is 1. The van der Waals surface area contributed by atoms with E-state index in [9.17, 15) is 18.0 Å². The average molecular weight is 672 g/mol. The van der Waals surface area contributed by atoms with Crippen LogP contribution in [0.1, 0.15) is 54.4 Å². The molecule has 4 aromatic rings. The van der Waals surface area contributed by atoms with Gasteiger partial charge in [-0.05, 0) is 68.1 Å². The fraction of sp³-hybridized carbons (Fsp3) is 0.316. The molecule has 0 unspecified atom stereocenters. The Balaban J connectivity index is 1.56. The molecule has 7 nitrogen and oxygen atoms in total. The van der Waals surface area contributed by atoms with E-state index in [2.05, 4.69) is 5.32 Å². The van der Waals surface area contributed by atoms with E-state index in [-0.39, 0.29) is 35.5 Å². The molecule has 1 atom stereocenters. The van der Waals surface area contributed by atoms with E-state index in [1.54, 1.807) is 30.3 Å². The quantitative estimate of drug-likeness (QED) is 0.172. The van der Waals surface area contributed by atoms with Crippen molar-refractivity contribution >= 4 is 39.1 Å². The number of aryl methyl sites for hydroxylation is 2. The lowest BCUT2D eigenvalue weighted by atomic mass is 9.94. The normalized spacial score (nSPS) is 14.3. The number of nitrogens with one attached hydrogen (secondary N) is 1. The lowest BCUT2D eigenvalue weighted by molar-refractivity contribution is -0.140. The van der Waals surface area contributed by atoms with E-state index in [0.29, 0.717) is 5.02 Å². The summed E-state index contributed by atoms with van der Waals surface area (Å²) in [5, 5.41) is 3.58. The second-order valence-electron chi connectivity index (χ2n) is 12.4. The van der Waals surface area contributed by atoms with E-state index in [0.717, 1.165) is 58.7 Å². The Morgan fingerprint density at radius 2 is 1.45 bits per heavy atom. The second kappa shape index (κ2) is 15.6. The van der Waals surface area contributed by atoms with Gasteiger partial charge >= 0.3 is 0 Å².